The van der Waals surface area contributed by atoms with Crippen LogP contribution < -0.4 is 5.32 Å². The first-order valence-corrected chi connectivity index (χ1v) is 9.36. The van der Waals surface area contributed by atoms with E-state index in [4.69, 9.17) is 0 Å². The molecular weight excluding hydrogens is 344 g/mol. The lowest BCUT2D eigenvalue weighted by Gasteiger charge is -2.15. The van der Waals surface area contributed by atoms with Crippen LogP contribution in [0.1, 0.15) is 23.9 Å². The van der Waals surface area contributed by atoms with Crippen molar-refractivity contribution in [2.75, 3.05) is 5.32 Å². The van der Waals surface area contributed by atoms with Crippen LogP contribution in [0.25, 0.3) is 5.69 Å². The molecule has 1 N–H and O–H groups in total. The minimum absolute atomic E-state index is 0.0485. The van der Waals surface area contributed by atoms with Crippen molar-refractivity contribution < 1.29 is 4.79 Å². The van der Waals surface area contributed by atoms with Gasteiger partial charge in [0.1, 0.15) is 5.82 Å². The van der Waals surface area contributed by atoms with E-state index in [1.807, 2.05) is 80.8 Å². The molecule has 0 saturated carbocycles. The smallest absolute Gasteiger partial charge is 0.237 e. The summed E-state index contributed by atoms with van der Waals surface area (Å²) in [5.41, 5.74) is 3.98. The first kappa shape index (κ1) is 18.2. The highest BCUT2D eigenvalue weighted by atomic mass is 32.2. The van der Waals surface area contributed by atoms with Crippen LogP contribution in [0.15, 0.2) is 53.7 Å². The number of thioether (sulfide) groups is 1. The number of rotatable bonds is 5. The van der Waals surface area contributed by atoms with E-state index in [2.05, 4.69) is 15.5 Å². The van der Waals surface area contributed by atoms with E-state index in [9.17, 15) is 4.79 Å². The van der Waals surface area contributed by atoms with Crippen molar-refractivity contribution in [3.8, 4) is 5.69 Å². The summed E-state index contributed by atoms with van der Waals surface area (Å²) < 4.78 is 1.97. The van der Waals surface area contributed by atoms with Gasteiger partial charge in [-0.1, -0.05) is 48.2 Å². The second-order valence-electron chi connectivity index (χ2n) is 6.22. The van der Waals surface area contributed by atoms with Crippen molar-refractivity contribution in [3.05, 3.63) is 65.5 Å². The van der Waals surface area contributed by atoms with Gasteiger partial charge in [0.05, 0.1) is 5.25 Å². The molecule has 1 atom stereocenters. The summed E-state index contributed by atoms with van der Waals surface area (Å²) in [5.74, 6) is 0.744. The maximum Gasteiger partial charge on any atom is 0.237 e. The van der Waals surface area contributed by atoms with Crippen LogP contribution in [0.2, 0.25) is 0 Å². The highest BCUT2D eigenvalue weighted by molar-refractivity contribution is 8.00. The van der Waals surface area contributed by atoms with Crippen molar-refractivity contribution in [1.29, 1.82) is 0 Å². The Morgan fingerprint density at radius 1 is 1.00 bits per heavy atom. The lowest BCUT2D eigenvalue weighted by molar-refractivity contribution is -0.115. The van der Waals surface area contributed by atoms with Crippen molar-refractivity contribution in [3.63, 3.8) is 0 Å². The molecule has 3 aromatic rings. The Labute approximate surface area is 157 Å². The predicted octanol–water partition coefficient (Wildman–Crippen LogP) is 4.31. The Hall–Kier alpha value is -2.60. The topological polar surface area (TPSA) is 59.8 Å². The van der Waals surface area contributed by atoms with E-state index in [1.54, 1.807) is 0 Å². The van der Waals surface area contributed by atoms with Crippen molar-refractivity contribution in [2.45, 2.75) is 38.1 Å². The molecule has 1 heterocycles. The molecule has 134 valence electrons. The third-order valence-electron chi connectivity index (χ3n) is 4.19. The molecule has 0 saturated heterocycles. The first-order chi connectivity index (χ1) is 12.5. The number of para-hydroxylation sites is 2. The maximum absolute atomic E-state index is 12.7. The number of benzene rings is 2. The molecule has 6 heteroatoms. The Morgan fingerprint density at radius 2 is 1.65 bits per heavy atom. The highest BCUT2D eigenvalue weighted by Crippen LogP contribution is 2.27. The largest absolute Gasteiger partial charge is 0.325 e. The van der Waals surface area contributed by atoms with Crippen LogP contribution in [0.4, 0.5) is 5.69 Å². The summed E-state index contributed by atoms with van der Waals surface area (Å²) in [5, 5.41) is 11.9. The third-order valence-corrected chi connectivity index (χ3v) is 5.23. The Bertz CT molecular complexity index is 901. The van der Waals surface area contributed by atoms with Gasteiger partial charge in [-0.2, -0.15) is 0 Å². The van der Waals surface area contributed by atoms with Crippen molar-refractivity contribution >= 4 is 23.4 Å². The van der Waals surface area contributed by atoms with Crippen LogP contribution in [-0.2, 0) is 4.79 Å². The van der Waals surface area contributed by atoms with E-state index < -0.39 is 0 Å². The van der Waals surface area contributed by atoms with E-state index in [0.29, 0.717) is 5.16 Å². The third kappa shape index (κ3) is 3.80. The minimum Gasteiger partial charge on any atom is -0.325 e. The quantitative estimate of drug-likeness (QED) is 0.684. The van der Waals surface area contributed by atoms with Gasteiger partial charge in [0, 0.05) is 11.4 Å². The molecule has 0 unspecified atom stereocenters. The van der Waals surface area contributed by atoms with Crippen molar-refractivity contribution in [2.24, 2.45) is 0 Å². The molecule has 0 aliphatic carbocycles. The fraction of sp³-hybridized carbons (Fsp3) is 0.250. The number of aromatic nitrogens is 3. The van der Waals surface area contributed by atoms with Gasteiger partial charge in [-0.25, -0.2) is 0 Å². The molecule has 0 spiro atoms. The van der Waals surface area contributed by atoms with Crippen LogP contribution in [0, 0.1) is 20.8 Å². The predicted molar refractivity (Wildman–Crippen MR) is 106 cm³/mol. The van der Waals surface area contributed by atoms with Gasteiger partial charge in [0.25, 0.3) is 0 Å². The lowest BCUT2D eigenvalue weighted by Crippen LogP contribution is -2.23. The second-order valence-corrected chi connectivity index (χ2v) is 7.52. The van der Waals surface area contributed by atoms with E-state index in [0.717, 1.165) is 28.3 Å². The molecular formula is C20H22N4OS. The zero-order chi connectivity index (χ0) is 18.7. The fourth-order valence-corrected chi connectivity index (χ4v) is 3.65. The number of carbonyl (C=O) groups excluding carboxylic acids is 1. The number of aryl methyl sites for hydroxylation is 3. The number of hydrogen-bond donors (Lipinski definition) is 1. The van der Waals surface area contributed by atoms with Crippen LogP contribution in [0.3, 0.4) is 0 Å². The number of nitrogens with zero attached hydrogens (tertiary/aromatic N) is 3. The van der Waals surface area contributed by atoms with Gasteiger partial charge < -0.3 is 5.32 Å². The Morgan fingerprint density at radius 3 is 2.31 bits per heavy atom. The Balaban J connectivity index is 1.79. The van der Waals surface area contributed by atoms with Crippen molar-refractivity contribution in [1.82, 2.24) is 14.8 Å². The van der Waals surface area contributed by atoms with Gasteiger partial charge >= 0.3 is 0 Å². The van der Waals surface area contributed by atoms with E-state index in [1.165, 1.54) is 11.8 Å². The summed E-state index contributed by atoms with van der Waals surface area (Å²) in [4.78, 5) is 12.7. The molecule has 0 aliphatic heterocycles. The van der Waals surface area contributed by atoms with Gasteiger partial charge in [-0.15, -0.1) is 10.2 Å². The maximum atomic E-state index is 12.7. The Kier molecular flexibility index (Phi) is 5.42. The van der Waals surface area contributed by atoms with Crippen LogP contribution in [0.5, 0.6) is 0 Å². The van der Waals surface area contributed by atoms with Crippen LogP contribution in [-0.4, -0.2) is 25.9 Å². The molecule has 0 aliphatic rings. The molecule has 1 aromatic heterocycles. The first-order valence-electron chi connectivity index (χ1n) is 8.48. The molecule has 26 heavy (non-hydrogen) atoms. The van der Waals surface area contributed by atoms with E-state index in [-0.39, 0.29) is 11.2 Å². The summed E-state index contributed by atoms with van der Waals surface area (Å²) in [6.45, 7) is 7.78. The zero-order valence-electron chi connectivity index (χ0n) is 15.4. The monoisotopic (exact) mass is 366 g/mol. The summed E-state index contributed by atoms with van der Waals surface area (Å²) in [6.07, 6.45) is 0. The van der Waals surface area contributed by atoms with Gasteiger partial charge in [0.2, 0.25) is 5.91 Å². The average molecular weight is 366 g/mol. The summed E-state index contributed by atoms with van der Waals surface area (Å²) >= 11 is 1.40. The van der Waals surface area contributed by atoms with Gasteiger partial charge in [0.15, 0.2) is 5.16 Å². The highest BCUT2D eigenvalue weighted by Gasteiger charge is 2.20. The zero-order valence-corrected chi connectivity index (χ0v) is 16.2. The number of hydrogen-bond acceptors (Lipinski definition) is 4. The fourth-order valence-electron chi connectivity index (χ4n) is 2.74. The molecule has 0 bridgehead atoms. The number of anilines is 1. The number of nitrogens with one attached hydrogen (secondary N) is 1. The van der Waals surface area contributed by atoms with E-state index >= 15 is 0 Å². The normalized spacial score (nSPS) is 12.0. The molecule has 3 rings (SSSR count). The SMILES string of the molecule is Cc1cccc(C)c1NC(=O)[C@@H](C)Sc1nnc(C)n1-c1ccccc1. The standard InChI is InChI=1S/C20H22N4OS/c1-13-9-8-10-14(2)18(13)21-19(25)15(3)26-20-23-22-16(4)24(20)17-11-6-5-7-12-17/h5-12,15H,1-4H3,(H,21,25)/t15-/m1/s1. The molecule has 0 radical (unpaired) electrons. The van der Waals surface area contributed by atoms with Crippen LogP contribution >= 0.6 is 11.8 Å². The number of carbonyl (C=O) groups is 1. The van der Waals surface area contributed by atoms with Gasteiger partial charge in [-0.05, 0) is 51.0 Å². The second kappa shape index (κ2) is 7.74. The molecule has 0 fully saturated rings. The molecule has 5 nitrogen and oxygen atoms in total. The summed E-state index contributed by atoms with van der Waals surface area (Å²) in [6, 6.07) is 15.9. The lowest BCUT2D eigenvalue weighted by atomic mass is 10.1. The molecule has 1 amide bonds. The summed E-state index contributed by atoms with van der Waals surface area (Å²) in [7, 11) is 0. The minimum atomic E-state index is -0.305. The van der Waals surface area contributed by atoms with Gasteiger partial charge in [-0.3, -0.25) is 9.36 Å². The molecule has 2 aromatic carbocycles. The number of amides is 1. The average Bonchev–Trinajstić information content (AvgIpc) is 2.99.